The van der Waals surface area contributed by atoms with Gasteiger partial charge >= 0.3 is 0 Å². The van der Waals surface area contributed by atoms with Crippen molar-refractivity contribution in [2.45, 2.75) is 26.6 Å². The summed E-state index contributed by atoms with van der Waals surface area (Å²) >= 11 is 1.53. The first kappa shape index (κ1) is 13.8. The zero-order chi connectivity index (χ0) is 13.5. The predicted octanol–water partition coefficient (Wildman–Crippen LogP) is 3.00. The topological polar surface area (TPSA) is 51.6 Å². The minimum atomic E-state index is -0.0551. The van der Waals surface area contributed by atoms with Gasteiger partial charge in [-0.05, 0) is 18.6 Å². The van der Waals surface area contributed by atoms with Crippen LogP contribution in [0.5, 0.6) is 11.5 Å². The Bertz CT molecular complexity index is 499. The molecule has 0 saturated heterocycles. The summed E-state index contributed by atoms with van der Waals surface area (Å²) in [6, 6.07) is 5.48. The van der Waals surface area contributed by atoms with Crippen LogP contribution in [0.25, 0.3) is 0 Å². The van der Waals surface area contributed by atoms with Crippen molar-refractivity contribution in [1.29, 1.82) is 0 Å². The minimum absolute atomic E-state index is 0.0551. The summed E-state index contributed by atoms with van der Waals surface area (Å²) in [7, 11) is 0. The van der Waals surface area contributed by atoms with Gasteiger partial charge in [-0.25, -0.2) is 4.98 Å². The molecule has 1 aromatic heterocycles. The van der Waals surface area contributed by atoms with E-state index < -0.39 is 0 Å². The van der Waals surface area contributed by atoms with Crippen molar-refractivity contribution in [3.8, 4) is 11.5 Å². The average molecular weight is 279 g/mol. The number of hydrogen-bond acceptors (Lipinski definition) is 5. The van der Waals surface area contributed by atoms with Crippen molar-refractivity contribution in [3.63, 3.8) is 0 Å². The number of thiazole rings is 1. The van der Waals surface area contributed by atoms with Crippen molar-refractivity contribution in [1.82, 2.24) is 4.98 Å². The second-order valence-electron chi connectivity index (χ2n) is 4.04. The van der Waals surface area contributed by atoms with Gasteiger partial charge in [-0.1, -0.05) is 6.92 Å². The molecule has 1 N–H and O–H groups in total. The summed E-state index contributed by atoms with van der Waals surface area (Å²) in [4.78, 5) is 4.16. The van der Waals surface area contributed by atoms with E-state index >= 15 is 0 Å². The molecule has 0 spiro atoms. The highest BCUT2D eigenvalue weighted by Crippen LogP contribution is 2.26. The number of benzene rings is 1. The summed E-state index contributed by atoms with van der Waals surface area (Å²) in [5, 5.41) is 11.2. The maximum atomic E-state index is 9.31. The Balaban J connectivity index is 2.07. The predicted molar refractivity (Wildman–Crippen MR) is 74.6 cm³/mol. The Morgan fingerprint density at radius 1 is 1.32 bits per heavy atom. The van der Waals surface area contributed by atoms with Gasteiger partial charge in [-0.3, -0.25) is 0 Å². The molecule has 0 aliphatic carbocycles. The van der Waals surface area contributed by atoms with E-state index in [4.69, 9.17) is 9.47 Å². The molecule has 0 bridgehead atoms. The monoisotopic (exact) mass is 279 g/mol. The van der Waals surface area contributed by atoms with E-state index in [0.29, 0.717) is 19.0 Å². The fraction of sp³-hybridized carbons (Fsp3) is 0.357. The molecule has 0 saturated carbocycles. The zero-order valence-electron chi connectivity index (χ0n) is 10.8. The fourth-order valence-corrected chi connectivity index (χ4v) is 2.11. The minimum Gasteiger partial charge on any atom is -0.493 e. The quantitative estimate of drug-likeness (QED) is 0.846. The Labute approximate surface area is 116 Å². The lowest BCUT2D eigenvalue weighted by Gasteiger charge is -2.12. The standard InChI is InChI=1S/C14H17NO3S/c1-2-5-17-13-4-3-11(7-16)14(6-13)18-8-12-9-19-10-15-12/h3-4,6,9-10,16H,2,5,7-8H2,1H3. The molecule has 0 aliphatic heterocycles. The maximum Gasteiger partial charge on any atom is 0.131 e. The molecule has 0 aliphatic rings. The van der Waals surface area contributed by atoms with E-state index in [0.717, 1.165) is 23.4 Å². The first-order valence-electron chi connectivity index (χ1n) is 6.20. The highest BCUT2D eigenvalue weighted by molar-refractivity contribution is 7.07. The number of nitrogens with zero attached hydrogens (tertiary/aromatic N) is 1. The number of rotatable bonds is 7. The lowest BCUT2D eigenvalue weighted by Crippen LogP contribution is -2.01. The number of aromatic nitrogens is 1. The first-order valence-corrected chi connectivity index (χ1v) is 7.14. The van der Waals surface area contributed by atoms with Gasteiger partial charge in [0.1, 0.15) is 18.1 Å². The van der Waals surface area contributed by atoms with Crippen molar-refractivity contribution in [2.24, 2.45) is 0 Å². The van der Waals surface area contributed by atoms with Crippen LogP contribution in [0.1, 0.15) is 24.6 Å². The normalized spacial score (nSPS) is 10.4. The van der Waals surface area contributed by atoms with Gasteiger partial charge in [0.05, 0.1) is 24.4 Å². The second-order valence-corrected chi connectivity index (χ2v) is 4.76. The highest BCUT2D eigenvalue weighted by atomic mass is 32.1. The van der Waals surface area contributed by atoms with Crippen LogP contribution >= 0.6 is 11.3 Å². The molecule has 1 aromatic carbocycles. The van der Waals surface area contributed by atoms with Gasteiger partial charge in [0.15, 0.2) is 0 Å². The van der Waals surface area contributed by atoms with Gasteiger partial charge in [0.2, 0.25) is 0 Å². The molecule has 2 aromatic rings. The average Bonchev–Trinajstić information content (AvgIpc) is 2.96. The molecule has 0 radical (unpaired) electrons. The Morgan fingerprint density at radius 3 is 2.89 bits per heavy atom. The number of aliphatic hydroxyl groups excluding tert-OH is 1. The van der Waals surface area contributed by atoms with Crippen LogP contribution in [0.3, 0.4) is 0 Å². The SMILES string of the molecule is CCCOc1ccc(CO)c(OCc2cscn2)c1. The molecular weight excluding hydrogens is 262 g/mol. The summed E-state index contributed by atoms with van der Waals surface area (Å²) in [5.74, 6) is 1.40. The van der Waals surface area contributed by atoms with E-state index in [9.17, 15) is 5.11 Å². The largest absolute Gasteiger partial charge is 0.493 e. The van der Waals surface area contributed by atoms with Crippen LogP contribution in [0.15, 0.2) is 29.1 Å². The van der Waals surface area contributed by atoms with Crippen LogP contribution in [-0.4, -0.2) is 16.7 Å². The highest BCUT2D eigenvalue weighted by Gasteiger charge is 2.06. The van der Waals surface area contributed by atoms with E-state index in [1.807, 2.05) is 23.6 Å². The molecule has 19 heavy (non-hydrogen) atoms. The zero-order valence-corrected chi connectivity index (χ0v) is 11.7. The van der Waals surface area contributed by atoms with E-state index in [-0.39, 0.29) is 6.61 Å². The molecule has 0 amide bonds. The van der Waals surface area contributed by atoms with Gasteiger partial charge in [-0.15, -0.1) is 11.3 Å². The second kappa shape index (κ2) is 7.11. The van der Waals surface area contributed by atoms with Crippen molar-refractivity contribution < 1.29 is 14.6 Å². The smallest absolute Gasteiger partial charge is 0.131 e. The molecule has 102 valence electrons. The Hall–Kier alpha value is -1.59. The number of ether oxygens (including phenoxy) is 2. The third kappa shape index (κ3) is 3.94. The van der Waals surface area contributed by atoms with Crippen LogP contribution in [-0.2, 0) is 13.2 Å². The van der Waals surface area contributed by atoms with Crippen LogP contribution in [0, 0.1) is 0 Å². The number of hydrogen-bond donors (Lipinski definition) is 1. The Kier molecular flexibility index (Phi) is 5.18. The fourth-order valence-electron chi connectivity index (χ4n) is 1.57. The molecule has 1 heterocycles. The molecule has 4 nitrogen and oxygen atoms in total. The molecule has 2 rings (SSSR count). The maximum absolute atomic E-state index is 9.31. The van der Waals surface area contributed by atoms with Crippen molar-refractivity contribution in [3.05, 3.63) is 40.3 Å². The van der Waals surface area contributed by atoms with Gasteiger partial charge < -0.3 is 14.6 Å². The van der Waals surface area contributed by atoms with Gasteiger partial charge in [-0.2, -0.15) is 0 Å². The lowest BCUT2D eigenvalue weighted by molar-refractivity contribution is 0.255. The van der Waals surface area contributed by atoms with E-state index in [1.54, 1.807) is 5.51 Å². The first-order chi connectivity index (χ1) is 9.33. The van der Waals surface area contributed by atoms with E-state index in [2.05, 4.69) is 11.9 Å². The van der Waals surface area contributed by atoms with Gasteiger partial charge in [0.25, 0.3) is 0 Å². The third-order valence-electron chi connectivity index (χ3n) is 2.54. The summed E-state index contributed by atoms with van der Waals surface area (Å²) in [5.41, 5.74) is 3.40. The van der Waals surface area contributed by atoms with Crippen molar-refractivity contribution >= 4 is 11.3 Å². The summed E-state index contributed by atoms with van der Waals surface area (Å²) in [6.45, 7) is 3.07. The van der Waals surface area contributed by atoms with Crippen LogP contribution in [0.2, 0.25) is 0 Å². The Morgan fingerprint density at radius 2 is 2.21 bits per heavy atom. The van der Waals surface area contributed by atoms with Crippen LogP contribution < -0.4 is 9.47 Å². The molecular formula is C14H17NO3S. The third-order valence-corrected chi connectivity index (χ3v) is 3.18. The lowest BCUT2D eigenvalue weighted by atomic mass is 10.2. The van der Waals surface area contributed by atoms with Crippen LogP contribution in [0.4, 0.5) is 0 Å². The molecule has 0 fully saturated rings. The summed E-state index contributed by atoms with van der Waals surface area (Å²) in [6.07, 6.45) is 0.955. The van der Waals surface area contributed by atoms with Gasteiger partial charge in [0, 0.05) is 17.0 Å². The number of aliphatic hydroxyl groups is 1. The molecule has 5 heteroatoms. The van der Waals surface area contributed by atoms with Crippen molar-refractivity contribution in [2.75, 3.05) is 6.61 Å². The molecule has 0 unspecified atom stereocenters. The summed E-state index contributed by atoms with van der Waals surface area (Å²) < 4.78 is 11.3. The van der Waals surface area contributed by atoms with E-state index in [1.165, 1.54) is 11.3 Å². The molecule has 0 atom stereocenters.